The molecule has 0 aliphatic carbocycles. The summed E-state index contributed by atoms with van der Waals surface area (Å²) in [6.45, 7) is 2.61. The highest BCUT2D eigenvalue weighted by Gasteiger charge is 2.13. The van der Waals surface area contributed by atoms with Crippen molar-refractivity contribution in [3.05, 3.63) is 47.1 Å². The molecule has 6 nitrogen and oxygen atoms in total. The summed E-state index contributed by atoms with van der Waals surface area (Å²) >= 11 is 3.42. The number of halogens is 1. The van der Waals surface area contributed by atoms with Crippen LogP contribution in [0.1, 0.15) is 13.8 Å². The summed E-state index contributed by atoms with van der Waals surface area (Å²) in [4.78, 5) is 22.5. The lowest BCUT2D eigenvalue weighted by molar-refractivity contribution is -0.132. The molecule has 122 valence electrons. The summed E-state index contributed by atoms with van der Waals surface area (Å²) in [5.74, 6) is -0.378. The van der Waals surface area contributed by atoms with E-state index in [4.69, 9.17) is 9.47 Å². The van der Waals surface area contributed by atoms with Gasteiger partial charge in [-0.25, -0.2) is 4.68 Å². The number of rotatable bonds is 3. The van der Waals surface area contributed by atoms with Crippen molar-refractivity contribution in [3.8, 4) is 17.2 Å². The molecule has 1 heterocycles. The Morgan fingerprint density at radius 1 is 1.04 bits per heavy atom. The van der Waals surface area contributed by atoms with E-state index < -0.39 is 11.9 Å². The van der Waals surface area contributed by atoms with Crippen molar-refractivity contribution in [1.29, 1.82) is 0 Å². The molecule has 0 saturated heterocycles. The number of hydrogen-bond acceptors (Lipinski definition) is 5. The van der Waals surface area contributed by atoms with Crippen LogP contribution in [0.5, 0.6) is 11.5 Å². The van der Waals surface area contributed by atoms with Gasteiger partial charge >= 0.3 is 11.9 Å². The average molecular weight is 389 g/mol. The van der Waals surface area contributed by atoms with E-state index in [0.29, 0.717) is 11.4 Å². The van der Waals surface area contributed by atoms with Crippen LogP contribution in [0, 0.1) is 0 Å². The number of hydrogen-bond donors (Lipinski definition) is 0. The van der Waals surface area contributed by atoms with Crippen LogP contribution in [0.15, 0.2) is 47.1 Å². The van der Waals surface area contributed by atoms with E-state index in [0.717, 1.165) is 15.4 Å². The predicted octanol–water partition coefficient (Wildman–Crippen LogP) is 3.64. The smallest absolute Gasteiger partial charge is 0.308 e. The molecule has 0 N–H and O–H groups in total. The van der Waals surface area contributed by atoms with Crippen molar-refractivity contribution >= 4 is 38.8 Å². The molecule has 0 saturated carbocycles. The van der Waals surface area contributed by atoms with Gasteiger partial charge in [0.1, 0.15) is 11.4 Å². The van der Waals surface area contributed by atoms with Gasteiger partial charge < -0.3 is 9.47 Å². The Balaban J connectivity index is 2.09. The topological polar surface area (TPSA) is 70.4 Å². The van der Waals surface area contributed by atoms with E-state index in [1.165, 1.54) is 19.9 Å². The SMILES string of the molecule is CC(=O)Oc1ccc(-n2cc3cc(Br)ccc3n2)c(OC(C)=O)c1. The molecule has 0 radical (unpaired) electrons. The number of carbonyl (C=O) groups is 2. The Labute approximate surface area is 146 Å². The molecule has 0 amide bonds. The molecule has 24 heavy (non-hydrogen) atoms. The fourth-order valence-corrected chi connectivity index (χ4v) is 2.65. The lowest BCUT2D eigenvalue weighted by atomic mass is 10.2. The maximum absolute atomic E-state index is 11.4. The van der Waals surface area contributed by atoms with Crippen molar-refractivity contribution < 1.29 is 19.1 Å². The minimum Gasteiger partial charge on any atom is -0.427 e. The van der Waals surface area contributed by atoms with Gasteiger partial charge in [0.25, 0.3) is 0 Å². The zero-order valence-electron chi connectivity index (χ0n) is 12.9. The minimum atomic E-state index is -0.476. The van der Waals surface area contributed by atoms with Crippen LogP contribution in [-0.2, 0) is 9.59 Å². The van der Waals surface area contributed by atoms with Gasteiger partial charge in [-0.1, -0.05) is 15.9 Å². The molecule has 0 aliphatic heterocycles. The van der Waals surface area contributed by atoms with Gasteiger partial charge in [0.15, 0.2) is 5.75 Å². The van der Waals surface area contributed by atoms with Gasteiger partial charge in [-0.2, -0.15) is 5.10 Å². The predicted molar refractivity (Wildman–Crippen MR) is 91.4 cm³/mol. The first kappa shape index (κ1) is 16.2. The van der Waals surface area contributed by atoms with E-state index in [9.17, 15) is 9.59 Å². The van der Waals surface area contributed by atoms with Crippen molar-refractivity contribution in [2.75, 3.05) is 0 Å². The summed E-state index contributed by atoms with van der Waals surface area (Å²) in [7, 11) is 0. The van der Waals surface area contributed by atoms with Crippen molar-refractivity contribution in [2.45, 2.75) is 13.8 Å². The number of aromatic nitrogens is 2. The third-order valence-corrected chi connectivity index (χ3v) is 3.65. The highest BCUT2D eigenvalue weighted by atomic mass is 79.9. The minimum absolute atomic E-state index is 0.258. The second kappa shape index (κ2) is 6.45. The fraction of sp³-hybridized carbons (Fsp3) is 0.118. The van der Waals surface area contributed by atoms with Gasteiger partial charge in [-0.05, 0) is 30.3 Å². The Morgan fingerprint density at radius 3 is 2.50 bits per heavy atom. The summed E-state index contributed by atoms with van der Waals surface area (Å²) in [6.07, 6.45) is 1.83. The van der Waals surface area contributed by atoms with Crippen LogP contribution in [-0.4, -0.2) is 21.7 Å². The number of nitrogens with zero attached hydrogens (tertiary/aromatic N) is 2. The molecule has 0 spiro atoms. The van der Waals surface area contributed by atoms with Crippen LogP contribution in [0.4, 0.5) is 0 Å². The number of ether oxygens (including phenoxy) is 2. The number of esters is 2. The summed E-state index contributed by atoms with van der Waals surface area (Å²) in [6, 6.07) is 10.5. The van der Waals surface area contributed by atoms with Gasteiger partial charge in [0.2, 0.25) is 0 Å². The molecule has 0 fully saturated rings. The van der Waals surface area contributed by atoms with Crippen LogP contribution < -0.4 is 9.47 Å². The molecule has 0 unspecified atom stereocenters. The monoisotopic (exact) mass is 388 g/mol. The van der Waals surface area contributed by atoms with Gasteiger partial charge in [-0.15, -0.1) is 0 Å². The Kier molecular flexibility index (Phi) is 4.35. The number of carbonyl (C=O) groups excluding carboxylic acids is 2. The molecule has 7 heteroatoms. The quantitative estimate of drug-likeness (QED) is 0.505. The normalized spacial score (nSPS) is 10.6. The first-order valence-corrected chi connectivity index (χ1v) is 7.88. The molecular weight excluding hydrogens is 376 g/mol. The van der Waals surface area contributed by atoms with Gasteiger partial charge in [0, 0.05) is 36.0 Å². The van der Waals surface area contributed by atoms with E-state index in [-0.39, 0.29) is 5.75 Å². The van der Waals surface area contributed by atoms with Crippen LogP contribution in [0.2, 0.25) is 0 Å². The zero-order chi connectivity index (χ0) is 17.3. The molecule has 3 aromatic rings. The third kappa shape index (κ3) is 3.46. The molecule has 0 aliphatic rings. The summed E-state index contributed by atoms with van der Waals surface area (Å²) < 4.78 is 12.8. The maximum Gasteiger partial charge on any atom is 0.308 e. The first-order chi connectivity index (χ1) is 11.4. The van der Waals surface area contributed by atoms with Crippen molar-refractivity contribution in [1.82, 2.24) is 9.78 Å². The largest absolute Gasteiger partial charge is 0.427 e. The molecular formula is C17H13BrN2O4. The summed E-state index contributed by atoms with van der Waals surface area (Å²) in [5.41, 5.74) is 1.37. The maximum atomic E-state index is 11.4. The molecule has 0 bridgehead atoms. The zero-order valence-corrected chi connectivity index (χ0v) is 14.5. The third-order valence-electron chi connectivity index (χ3n) is 3.16. The second-order valence-electron chi connectivity index (χ2n) is 5.09. The number of fused-ring (bicyclic) bond motifs is 1. The second-order valence-corrected chi connectivity index (χ2v) is 6.01. The lowest BCUT2D eigenvalue weighted by Gasteiger charge is -2.10. The van der Waals surface area contributed by atoms with E-state index in [2.05, 4.69) is 21.0 Å². The molecule has 1 aromatic heterocycles. The van der Waals surface area contributed by atoms with E-state index >= 15 is 0 Å². The van der Waals surface area contributed by atoms with Crippen LogP contribution in [0.3, 0.4) is 0 Å². The summed E-state index contributed by atoms with van der Waals surface area (Å²) in [5, 5.41) is 5.41. The molecule has 2 aromatic carbocycles. The lowest BCUT2D eigenvalue weighted by Crippen LogP contribution is -2.07. The van der Waals surface area contributed by atoms with Gasteiger partial charge in [-0.3, -0.25) is 9.59 Å². The average Bonchev–Trinajstić information content (AvgIpc) is 2.88. The Hall–Kier alpha value is -2.67. The Morgan fingerprint density at radius 2 is 1.79 bits per heavy atom. The van der Waals surface area contributed by atoms with E-state index in [1.807, 2.05) is 24.4 Å². The molecule has 3 rings (SSSR count). The van der Waals surface area contributed by atoms with Crippen molar-refractivity contribution in [3.63, 3.8) is 0 Å². The van der Waals surface area contributed by atoms with Crippen LogP contribution >= 0.6 is 15.9 Å². The van der Waals surface area contributed by atoms with Gasteiger partial charge in [0.05, 0.1) is 5.52 Å². The first-order valence-electron chi connectivity index (χ1n) is 7.08. The Bertz CT molecular complexity index is 949. The highest BCUT2D eigenvalue weighted by Crippen LogP contribution is 2.30. The van der Waals surface area contributed by atoms with E-state index in [1.54, 1.807) is 16.8 Å². The van der Waals surface area contributed by atoms with Crippen LogP contribution in [0.25, 0.3) is 16.6 Å². The number of benzene rings is 2. The molecule has 0 atom stereocenters. The highest BCUT2D eigenvalue weighted by molar-refractivity contribution is 9.10. The van der Waals surface area contributed by atoms with Crippen molar-refractivity contribution in [2.24, 2.45) is 0 Å². The standard InChI is InChI=1S/C17H13BrN2O4/c1-10(21)23-14-4-6-16(17(8-14)24-11(2)22)20-9-12-7-13(18)3-5-15(12)19-20/h3-9H,1-2H3. The fourth-order valence-electron chi connectivity index (χ4n) is 2.27.